The standard InChI is InChI=1S/C32H41N3O6.CH4O/c1-31(2,3)41-30(38)33-18-21-8-6-9-23(16-21)22-12-14-34(15-13-22)28(36)24-10-7-11-25(17-24)29(37)35-19-26-27(20-35)40-32(4,5)39-26;1-2/h6-11,16-17,22,26-27H,12-15,18-20H2,1-5H3,(H,33,38);2H,1H3/t26-,27+;. The Morgan fingerprint density at radius 1 is 0.907 bits per heavy atom. The zero-order valence-electron chi connectivity index (χ0n) is 26.1. The summed E-state index contributed by atoms with van der Waals surface area (Å²) < 4.78 is 17.2. The second-order valence-corrected chi connectivity index (χ2v) is 12.7. The average Bonchev–Trinajstić information content (AvgIpc) is 3.49. The number of aliphatic hydroxyl groups is 1. The largest absolute Gasteiger partial charge is 0.444 e. The van der Waals surface area contributed by atoms with E-state index >= 15 is 0 Å². The fraction of sp³-hybridized carbons (Fsp3) is 0.545. The van der Waals surface area contributed by atoms with Crippen LogP contribution in [0.4, 0.5) is 4.79 Å². The van der Waals surface area contributed by atoms with Gasteiger partial charge in [0.25, 0.3) is 11.8 Å². The van der Waals surface area contributed by atoms with Gasteiger partial charge in [-0.25, -0.2) is 4.79 Å². The van der Waals surface area contributed by atoms with Gasteiger partial charge in [-0.1, -0.05) is 30.3 Å². The molecular formula is C33H45N3O7. The van der Waals surface area contributed by atoms with Gasteiger partial charge in [0.15, 0.2) is 5.79 Å². The number of fused-ring (bicyclic) bond motifs is 1. The van der Waals surface area contributed by atoms with Crippen LogP contribution in [0.5, 0.6) is 0 Å². The van der Waals surface area contributed by atoms with Crippen molar-refractivity contribution in [2.75, 3.05) is 33.3 Å². The lowest BCUT2D eigenvalue weighted by Gasteiger charge is -2.32. The van der Waals surface area contributed by atoms with Crippen molar-refractivity contribution in [2.45, 2.75) is 83.5 Å². The van der Waals surface area contributed by atoms with Crippen molar-refractivity contribution in [3.8, 4) is 0 Å². The number of hydrogen-bond donors (Lipinski definition) is 2. The third-order valence-electron chi connectivity index (χ3n) is 7.77. The summed E-state index contributed by atoms with van der Waals surface area (Å²) in [4.78, 5) is 42.2. The van der Waals surface area contributed by atoms with Crippen molar-refractivity contribution in [3.63, 3.8) is 0 Å². The van der Waals surface area contributed by atoms with E-state index in [1.54, 1.807) is 29.2 Å². The van der Waals surface area contributed by atoms with Gasteiger partial charge in [0.2, 0.25) is 0 Å². The summed E-state index contributed by atoms with van der Waals surface area (Å²) in [5.74, 6) is -0.456. The molecule has 5 rings (SSSR count). The van der Waals surface area contributed by atoms with Crippen molar-refractivity contribution >= 4 is 17.9 Å². The van der Waals surface area contributed by atoms with Gasteiger partial charge in [0.1, 0.15) is 17.8 Å². The maximum absolute atomic E-state index is 13.4. The molecule has 3 fully saturated rings. The second-order valence-electron chi connectivity index (χ2n) is 12.7. The summed E-state index contributed by atoms with van der Waals surface area (Å²) in [6, 6.07) is 15.2. The lowest BCUT2D eigenvalue weighted by molar-refractivity contribution is -0.153. The molecule has 0 saturated carbocycles. The van der Waals surface area contributed by atoms with Gasteiger partial charge in [0, 0.05) is 37.9 Å². The zero-order chi connectivity index (χ0) is 31.4. The molecule has 0 radical (unpaired) electrons. The molecular weight excluding hydrogens is 550 g/mol. The van der Waals surface area contributed by atoms with Gasteiger partial charge < -0.3 is 34.4 Å². The lowest BCUT2D eigenvalue weighted by atomic mass is 9.88. The third-order valence-corrected chi connectivity index (χ3v) is 7.77. The molecule has 3 heterocycles. The summed E-state index contributed by atoms with van der Waals surface area (Å²) in [6.45, 7) is 11.9. The molecule has 0 spiro atoms. The molecule has 2 atom stereocenters. The summed E-state index contributed by atoms with van der Waals surface area (Å²) in [7, 11) is 1.00. The molecule has 10 heteroatoms. The highest BCUT2D eigenvalue weighted by molar-refractivity contribution is 5.99. The fourth-order valence-corrected chi connectivity index (χ4v) is 5.90. The van der Waals surface area contributed by atoms with Crippen molar-refractivity contribution in [1.82, 2.24) is 15.1 Å². The Labute approximate surface area is 254 Å². The normalized spacial score (nSPS) is 21.5. The van der Waals surface area contributed by atoms with E-state index in [1.807, 2.05) is 51.7 Å². The monoisotopic (exact) mass is 595 g/mol. The summed E-state index contributed by atoms with van der Waals surface area (Å²) in [5.41, 5.74) is 2.71. The SMILES string of the molecule is CC(C)(C)OC(=O)NCc1cccc(C2CCN(C(=O)c3cccc(C(=O)N4C[C@@H]5OC(C)(C)O[C@@H]5C4)c3)CC2)c1.CO. The van der Waals surface area contributed by atoms with Crippen molar-refractivity contribution in [3.05, 3.63) is 70.8 Å². The molecule has 3 amide bonds. The maximum Gasteiger partial charge on any atom is 0.407 e. The lowest BCUT2D eigenvalue weighted by Crippen LogP contribution is -2.38. The molecule has 10 nitrogen and oxygen atoms in total. The zero-order valence-corrected chi connectivity index (χ0v) is 26.1. The molecule has 2 aromatic carbocycles. The van der Waals surface area contributed by atoms with Crippen LogP contribution < -0.4 is 5.32 Å². The van der Waals surface area contributed by atoms with Crippen LogP contribution in [-0.2, 0) is 20.8 Å². The number of carbonyl (C=O) groups is 3. The van der Waals surface area contributed by atoms with Crippen LogP contribution in [0, 0.1) is 0 Å². The number of piperidine rings is 1. The summed E-state index contributed by atoms with van der Waals surface area (Å²) >= 11 is 0. The number of alkyl carbamates (subject to hydrolysis) is 1. The fourth-order valence-electron chi connectivity index (χ4n) is 5.90. The van der Waals surface area contributed by atoms with E-state index < -0.39 is 17.5 Å². The van der Waals surface area contributed by atoms with E-state index in [9.17, 15) is 14.4 Å². The second kappa shape index (κ2) is 13.4. The number of hydrogen-bond acceptors (Lipinski definition) is 7. The predicted octanol–water partition coefficient (Wildman–Crippen LogP) is 4.32. The first-order chi connectivity index (χ1) is 20.4. The predicted molar refractivity (Wildman–Crippen MR) is 162 cm³/mol. The van der Waals surface area contributed by atoms with Gasteiger partial charge in [-0.05, 0) is 82.7 Å². The highest BCUT2D eigenvalue weighted by atomic mass is 16.8. The number of carbonyl (C=O) groups excluding carboxylic acids is 3. The Bertz CT molecular complexity index is 1280. The van der Waals surface area contributed by atoms with Crippen LogP contribution in [0.25, 0.3) is 0 Å². The minimum absolute atomic E-state index is 0.0554. The Hall–Kier alpha value is -3.47. The number of likely N-dealkylation sites (tertiary alicyclic amines) is 2. The molecule has 234 valence electrons. The van der Waals surface area contributed by atoms with Crippen LogP contribution in [-0.4, -0.2) is 89.7 Å². The molecule has 3 aliphatic rings. The minimum atomic E-state index is -0.619. The van der Waals surface area contributed by atoms with E-state index in [0.717, 1.165) is 25.5 Å². The van der Waals surface area contributed by atoms with Gasteiger partial charge in [0.05, 0.1) is 13.1 Å². The van der Waals surface area contributed by atoms with Crippen LogP contribution >= 0.6 is 0 Å². The van der Waals surface area contributed by atoms with Crippen LogP contribution in [0.15, 0.2) is 48.5 Å². The van der Waals surface area contributed by atoms with Gasteiger partial charge in [-0.15, -0.1) is 0 Å². The highest BCUT2D eigenvalue weighted by Crippen LogP contribution is 2.34. The number of ether oxygens (including phenoxy) is 3. The molecule has 0 bridgehead atoms. The third kappa shape index (κ3) is 8.34. The van der Waals surface area contributed by atoms with E-state index in [1.165, 1.54) is 5.56 Å². The minimum Gasteiger partial charge on any atom is -0.444 e. The van der Waals surface area contributed by atoms with Crippen molar-refractivity contribution in [2.24, 2.45) is 0 Å². The first kappa shape index (κ1) is 32.4. The summed E-state index contributed by atoms with van der Waals surface area (Å²) in [5, 5.41) is 9.82. The molecule has 0 aliphatic carbocycles. The van der Waals surface area contributed by atoms with E-state index in [0.29, 0.717) is 49.8 Å². The average molecular weight is 596 g/mol. The Morgan fingerprint density at radius 2 is 1.47 bits per heavy atom. The van der Waals surface area contributed by atoms with E-state index in [-0.39, 0.29) is 24.0 Å². The van der Waals surface area contributed by atoms with E-state index in [4.69, 9.17) is 19.3 Å². The molecule has 3 aliphatic heterocycles. The number of aliphatic hydroxyl groups excluding tert-OH is 1. The molecule has 2 aromatic rings. The van der Waals surface area contributed by atoms with Crippen molar-refractivity contribution in [1.29, 1.82) is 0 Å². The maximum atomic E-state index is 13.4. The number of benzene rings is 2. The number of nitrogens with one attached hydrogen (secondary N) is 1. The molecule has 0 aromatic heterocycles. The van der Waals surface area contributed by atoms with Gasteiger partial charge in [-0.2, -0.15) is 0 Å². The number of amides is 3. The van der Waals surface area contributed by atoms with Crippen LogP contribution in [0.3, 0.4) is 0 Å². The molecule has 3 saturated heterocycles. The molecule has 0 unspecified atom stereocenters. The van der Waals surface area contributed by atoms with Crippen molar-refractivity contribution < 1.29 is 33.7 Å². The first-order valence-electron chi connectivity index (χ1n) is 14.9. The topological polar surface area (TPSA) is 118 Å². The Balaban J connectivity index is 0.00000207. The van der Waals surface area contributed by atoms with E-state index in [2.05, 4.69) is 17.4 Å². The molecule has 2 N–H and O–H groups in total. The van der Waals surface area contributed by atoms with Crippen LogP contribution in [0.2, 0.25) is 0 Å². The highest BCUT2D eigenvalue weighted by Gasteiger charge is 2.48. The Kier molecular flexibility index (Phi) is 10.1. The van der Waals surface area contributed by atoms with Crippen LogP contribution in [0.1, 0.15) is 85.2 Å². The van der Waals surface area contributed by atoms with Gasteiger partial charge in [-0.3, -0.25) is 9.59 Å². The summed E-state index contributed by atoms with van der Waals surface area (Å²) in [6.07, 6.45) is 1.01. The number of nitrogens with zero attached hydrogens (tertiary/aromatic N) is 2. The smallest absolute Gasteiger partial charge is 0.407 e. The Morgan fingerprint density at radius 3 is 2.05 bits per heavy atom. The number of rotatable bonds is 5. The quantitative estimate of drug-likeness (QED) is 0.529. The molecule has 43 heavy (non-hydrogen) atoms. The first-order valence-corrected chi connectivity index (χ1v) is 14.9. The van der Waals surface area contributed by atoms with Gasteiger partial charge >= 0.3 is 6.09 Å².